The summed E-state index contributed by atoms with van der Waals surface area (Å²) in [4.78, 5) is 47.1. The Labute approximate surface area is 159 Å². The van der Waals surface area contributed by atoms with Gasteiger partial charge in [0.1, 0.15) is 5.60 Å². The second-order valence-corrected chi connectivity index (χ2v) is 6.80. The van der Waals surface area contributed by atoms with Crippen molar-refractivity contribution in [1.82, 2.24) is 10.4 Å². The van der Waals surface area contributed by atoms with Crippen LogP contribution in [0.25, 0.3) is 6.08 Å². The molecule has 7 nitrogen and oxygen atoms in total. The Morgan fingerprint density at radius 3 is 2.37 bits per heavy atom. The van der Waals surface area contributed by atoms with E-state index in [0.29, 0.717) is 0 Å². The van der Waals surface area contributed by atoms with Crippen LogP contribution in [-0.2, 0) is 23.9 Å². The summed E-state index contributed by atoms with van der Waals surface area (Å²) < 4.78 is 5.16. The van der Waals surface area contributed by atoms with Crippen molar-refractivity contribution >= 4 is 30.0 Å². The van der Waals surface area contributed by atoms with Gasteiger partial charge in [0, 0.05) is 13.5 Å². The molecule has 1 aromatic carbocycles. The lowest BCUT2D eigenvalue weighted by atomic mass is 10.1. The van der Waals surface area contributed by atoms with E-state index in [0.717, 1.165) is 10.6 Å². The van der Waals surface area contributed by atoms with E-state index in [9.17, 15) is 19.2 Å². The monoisotopic (exact) mass is 373 g/mol. The number of hydrogen-bond acceptors (Lipinski definition) is 6. The quantitative estimate of drug-likeness (QED) is 0.307. The van der Waals surface area contributed by atoms with Crippen LogP contribution in [0.5, 0.6) is 0 Å². The van der Waals surface area contributed by atoms with Gasteiger partial charge in [0.05, 0.1) is 6.42 Å². The predicted molar refractivity (Wildman–Crippen MR) is 101 cm³/mol. The van der Waals surface area contributed by atoms with Gasteiger partial charge in [0.15, 0.2) is 11.8 Å². The molecule has 1 rings (SSSR count). The molecular formula is C20H25N2O5. The largest absolute Gasteiger partial charge is 0.460 e. The fraction of sp³-hybridized carbons (Fsp3) is 0.400. The van der Waals surface area contributed by atoms with Gasteiger partial charge in [-0.15, -0.1) is 0 Å². The molecule has 0 saturated heterocycles. The van der Waals surface area contributed by atoms with Crippen LogP contribution < -0.4 is 5.43 Å². The summed E-state index contributed by atoms with van der Waals surface area (Å²) >= 11 is 0. The number of carbonyl (C=O) groups is 3. The molecule has 0 spiro atoms. The Morgan fingerprint density at radius 2 is 1.85 bits per heavy atom. The molecule has 0 saturated carbocycles. The van der Waals surface area contributed by atoms with E-state index >= 15 is 0 Å². The molecule has 1 amide bonds. The summed E-state index contributed by atoms with van der Waals surface area (Å²) in [7, 11) is 0. The number of hydrazine groups is 1. The second-order valence-electron chi connectivity index (χ2n) is 6.80. The summed E-state index contributed by atoms with van der Waals surface area (Å²) in [5, 5.41) is 0.870. The maximum Gasteiger partial charge on any atom is 0.307 e. The maximum atomic E-state index is 12.3. The summed E-state index contributed by atoms with van der Waals surface area (Å²) in [6.07, 6.45) is 4.31. The first kappa shape index (κ1) is 22.2. The van der Waals surface area contributed by atoms with Gasteiger partial charge in [-0.25, -0.2) is 5.43 Å². The van der Waals surface area contributed by atoms with Gasteiger partial charge in [0.2, 0.25) is 12.2 Å². The summed E-state index contributed by atoms with van der Waals surface area (Å²) in [5.41, 5.74) is 2.80. The zero-order valence-electron chi connectivity index (χ0n) is 16.0. The number of benzene rings is 1. The van der Waals surface area contributed by atoms with Crippen molar-refractivity contribution in [3.8, 4) is 0 Å². The number of ether oxygens (including phenoxy) is 1. The molecular weight excluding hydrogens is 348 g/mol. The van der Waals surface area contributed by atoms with E-state index in [1.54, 1.807) is 45.3 Å². The van der Waals surface area contributed by atoms with E-state index in [1.807, 2.05) is 18.2 Å². The Balaban J connectivity index is 2.71. The minimum atomic E-state index is -1.44. The van der Waals surface area contributed by atoms with E-state index in [1.165, 1.54) is 13.0 Å². The first-order valence-electron chi connectivity index (χ1n) is 8.54. The molecule has 27 heavy (non-hydrogen) atoms. The van der Waals surface area contributed by atoms with Crippen LogP contribution >= 0.6 is 0 Å². The third kappa shape index (κ3) is 8.42. The van der Waals surface area contributed by atoms with Crippen LogP contribution in [0.1, 0.15) is 39.7 Å². The van der Waals surface area contributed by atoms with Crippen molar-refractivity contribution in [3.63, 3.8) is 0 Å². The van der Waals surface area contributed by atoms with Gasteiger partial charge >= 0.3 is 5.97 Å². The molecule has 1 atom stereocenters. The van der Waals surface area contributed by atoms with Gasteiger partial charge < -0.3 is 4.74 Å². The SMILES string of the molecule is CC(=O)N(NCCC(=O)OC(C)(C)C)C([C]=O)C(=O)C=Cc1ccccc1. The fourth-order valence-electron chi connectivity index (χ4n) is 2.13. The summed E-state index contributed by atoms with van der Waals surface area (Å²) in [5.74, 6) is -1.61. The zero-order valence-corrected chi connectivity index (χ0v) is 16.0. The Kier molecular flexibility index (Phi) is 8.55. The number of nitrogens with zero attached hydrogens (tertiary/aromatic N) is 1. The van der Waals surface area contributed by atoms with Crippen LogP contribution in [0.15, 0.2) is 36.4 Å². The van der Waals surface area contributed by atoms with E-state index in [4.69, 9.17) is 4.74 Å². The van der Waals surface area contributed by atoms with E-state index in [2.05, 4.69) is 5.43 Å². The summed E-state index contributed by atoms with van der Waals surface area (Å²) in [6.45, 7) is 6.47. The van der Waals surface area contributed by atoms with Crippen molar-refractivity contribution < 1.29 is 23.9 Å². The van der Waals surface area contributed by atoms with Crippen molar-refractivity contribution in [2.45, 2.75) is 45.8 Å². The van der Waals surface area contributed by atoms with Crippen molar-refractivity contribution in [3.05, 3.63) is 42.0 Å². The molecule has 145 valence electrons. The second kappa shape index (κ2) is 10.4. The standard InChI is InChI=1S/C20H25N2O5/c1-15(24)22(21-13-12-19(26)27-20(2,3)4)17(14-23)18(25)11-10-16-8-6-5-7-9-16/h5-11,17,21H,12-13H2,1-4H3. The summed E-state index contributed by atoms with van der Waals surface area (Å²) in [6, 6.07) is 7.62. The molecule has 0 heterocycles. The lowest BCUT2D eigenvalue weighted by Crippen LogP contribution is -2.53. The third-order valence-electron chi connectivity index (χ3n) is 3.25. The molecule has 1 unspecified atom stereocenters. The molecule has 1 N–H and O–H groups in total. The highest BCUT2D eigenvalue weighted by molar-refractivity contribution is 6.08. The van der Waals surface area contributed by atoms with Crippen LogP contribution in [0.2, 0.25) is 0 Å². The Hall–Kier alpha value is -2.80. The van der Waals surface area contributed by atoms with Gasteiger partial charge in [-0.2, -0.15) is 0 Å². The number of esters is 1. The highest BCUT2D eigenvalue weighted by Crippen LogP contribution is 2.08. The molecule has 0 aromatic heterocycles. The molecule has 7 heteroatoms. The molecule has 0 bridgehead atoms. The van der Waals surface area contributed by atoms with Crippen LogP contribution in [0.4, 0.5) is 0 Å². The zero-order chi connectivity index (χ0) is 20.4. The molecule has 1 radical (unpaired) electrons. The average Bonchev–Trinajstić information content (AvgIpc) is 2.58. The fourth-order valence-corrected chi connectivity index (χ4v) is 2.13. The third-order valence-corrected chi connectivity index (χ3v) is 3.25. The van der Waals surface area contributed by atoms with Gasteiger partial charge in [-0.3, -0.25) is 24.2 Å². The first-order valence-corrected chi connectivity index (χ1v) is 8.54. The molecule has 0 aliphatic carbocycles. The predicted octanol–water partition coefficient (Wildman–Crippen LogP) is 1.83. The van der Waals surface area contributed by atoms with E-state index in [-0.39, 0.29) is 13.0 Å². The number of amides is 1. The molecule has 0 aliphatic heterocycles. The van der Waals surface area contributed by atoms with Crippen LogP contribution in [-0.4, -0.2) is 47.1 Å². The molecule has 1 aromatic rings. The smallest absolute Gasteiger partial charge is 0.307 e. The van der Waals surface area contributed by atoms with Gasteiger partial charge in [-0.05, 0) is 32.4 Å². The highest BCUT2D eigenvalue weighted by atomic mass is 16.6. The topological polar surface area (TPSA) is 92.8 Å². The number of hydrogen-bond donors (Lipinski definition) is 1. The number of rotatable bonds is 9. The Bertz CT molecular complexity index is 692. The number of nitrogens with one attached hydrogen (secondary N) is 1. The Morgan fingerprint density at radius 1 is 1.22 bits per heavy atom. The van der Waals surface area contributed by atoms with Gasteiger partial charge in [0.25, 0.3) is 0 Å². The average molecular weight is 373 g/mol. The van der Waals surface area contributed by atoms with Crippen molar-refractivity contribution in [2.75, 3.05) is 6.54 Å². The highest BCUT2D eigenvalue weighted by Gasteiger charge is 2.27. The van der Waals surface area contributed by atoms with Crippen molar-refractivity contribution in [2.24, 2.45) is 0 Å². The maximum absolute atomic E-state index is 12.3. The number of ketones is 1. The van der Waals surface area contributed by atoms with E-state index < -0.39 is 29.3 Å². The number of carbonyl (C=O) groups excluding carboxylic acids is 4. The lowest BCUT2D eigenvalue weighted by molar-refractivity contribution is -0.155. The minimum absolute atomic E-state index is 0.0271. The van der Waals surface area contributed by atoms with Crippen LogP contribution in [0, 0.1) is 0 Å². The molecule has 0 aliphatic rings. The normalized spacial score (nSPS) is 12.4. The van der Waals surface area contributed by atoms with Crippen molar-refractivity contribution in [1.29, 1.82) is 0 Å². The van der Waals surface area contributed by atoms with Crippen LogP contribution in [0.3, 0.4) is 0 Å². The first-order chi connectivity index (χ1) is 12.6. The molecule has 0 fully saturated rings. The lowest BCUT2D eigenvalue weighted by Gasteiger charge is -2.26. The minimum Gasteiger partial charge on any atom is -0.460 e. The van der Waals surface area contributed by atoms with Gasteiger partial charge in [-0.1, -0.05) is 36.4 Å².